The van der Waals surface area contributed by atoms with Crippen molar-refractivity contribution in [2.75, 3.05) is 5.32 Å². The molecule has 186 valence electrons. The number of alkyl halides is 6. The van der Waals surface area contributed by atoms with Gasteiger partial charge in [0.1, 0.15) is 17.2 Å². The number of anilines is 1. The van der Waals surface area contributed by atoms with Crippen LogP contribution in [0.25, 0.3) is 11.5 Å². The average molecular weight is 490 g/mol. The van der Waals surface area contributed by atoms with E-state index in [9.17, 15) is 31.4 Å². The Kier molecular flexibility index (Phi) is 8.24. The fourth-order valence-corrected chi connectivity index (χ4v) is 2.57. The molecule has 7 nitrogen and oxygen atoms in total. The van der Waals surface area contributed by atoms with Gasteiger partial charge in [0.15, 0.2) is 5.82 Å². The van der Waals surface area contributed by atoms with Crippen LogP contribution < -0.4 is 11.1 Å². The normalized spacial score (nSPS) is 14.5. The maximum atomic E-state index is 13.1. The Labute approximate surface area is 191 Å². The molecule has 0 saturated heterocycles. The second-order valence-electron chi connectivity index (χ2n) is 8.05. The minimum atomic E-state index is -4.70. The molecule has 0 fully saturated rings. The Morgan fingerprint density at radius 2 is 1.76 bits per heavy atom. The van der Waals surface area contributed by atoms with Crippen molar-refractivity contribution in [1.29, 1.82) is 0 Å². The quantitative estimate of drug-likeness (QED) is 0.366. The van der Waals surface area contributed by atoms with Gasteiger partial charge in [-0.15, -0.1) is 0 Å². The summed E-state index contributed by atoms with van der Waals surface area (Å²) in [6, 6.07) is 3.17. The first-order chi connectivity index (χ1) is 15.6. The second-order valence-corrected chi connectivity index (χ2v) is 8.05. The van der Waals surface area contributed by atoms with Gasteiger partial charge in [-0.1, -0.05) is 13.0 Å². The highest BCUT2D eigenvalue weighted by atomic mass is 19.4. The molecule has 0 radical (unpaired) electrons. The lowest BCUT2D eigenvalue weighted by atomic mass is 10.0. The van der Waals surface area contributed by atoms with E-state index in [0.29, 0.717) is 0 Å². The maximum absolute atomic E-state index is 13.1. The fraction of sp³-hybridized carbons (Fsp3) is 0.429. The number of hydrogen-bond donors (Lipinski definition) is 3. The molecule has 2 rings (SSSR count). The van der Waals surface area contributed by atoms with Gasteiger partial charge in [-0.2, -0.15) is 36.3 Å². The van der Waals surface area contributed by atoms with Gasteiger partial charge in [0, 0.05) is 12.1 Å². The van der Waals surface area contributed by atoms with E-state index in [-0.39, 0.29) is 41.8 Å². The summed E-state index contributed by atoms with van der Waals surface area (Å²) in [7, 11) is 0. The molecular weight excluding hydrogens is 466 g/mol. The van der Waals surface area contributed by atoms with Crippen molar-refractivity contribution in [2.24, 2.45) is 11.7 Å². The van der Waals surface area contributed by atoms with Crippen LogP contribution in [0.3, 0.4) is 0 Å². The zero-order chi connectivity index (χ0) is 25.7. The van der Waals surface area contributed by atoms with Crippen molar-refractivity contribution < 1.29 is 31.4 Å². The molecule has 0 aliphatic rings. The molecular formula is C21H24F6N6O. The maximum Gasteiger partial charge on any atom is 0.433 e. The number of nitrogens with one attached hydrogen (secondary N) is 1. The van der Waals surface area contributed by atoms with Gasteiger partial charge in [-0.25, -0.2) is 9.97 Å². The molecule has 1 unspecified atom stereocenters. The van der Waals surface area contributed by atoms with Gasteiger partial charge < -0.3 is 16.2 Å². The number of hydrogen-bond acceptors (Lipinski definition) is 7. The smallest absolute Gasteiger partial charge is 0.405 e. The van der Waals surface area contributed by atoms with Crippen molar-refractivity contribution in [2.45, 2.75) is 51.6 Å². The molecule has 0 aliphatic carbocycles. The van der Waals surface area contributed by atoms with Crippen molar-refractivity contribution >= 4 is 5.95 Å². The van der Waals surface area contributed by atoms with Crippen LogP contribution in [0, 0.1) is 5.92 Å². The summed E-state index contributed by atoms with van der Waals surface area (Å²) in [5.41, 5.74) is 2.77. The molecule has 2 heterocycles. The van der Waals surface area contributed by atoms with Gasteiger partial charge in [0.2, 0.25) is 5.95 Å². The topological polar surface area (TPSA) is 110 Å². The van der Waals surface area contributed by atoms with Crippen LogP contribution >= 0.6 is 0 Å². The van der Waals surface area contributed by atoms with E-state index in [1.807, 2.05) is 0 Å². The lowest BCUT2D eigenvalue weighted by Crippen LogP contribution is -2.20. The Hall–Kier alpha value is -3.22. The molecule has 0 aliphatic heterocycles. The highest BCUT2D eigenvalue weighted by Gasteiger charge is 2.35. The molecule has 0 bridgehead atoms. The van der Waals surface area contributed by atoms with Crippen molar-refractivity contribution in [3.8, 4) is 11.5 Å². The Morgan fingerprint density at radius 3 is 2.32 bits per heavy atom. The van der Waals surface area contributed by atoms with Crippen LogP contribution in [-0.4, -0.2) is 36.8 Å². The number of aliphatic hydroxyl groups is 1. The molecule has 0 saturated carbocycles. The zero-order valence-corrected chi connectivity index (χ0v) is 18.5. The van der Waals surface area contributed by atoms with Gasteiger partial charge >= 0.3 is 12.4 Å². The summed E-state index contributed by atoms with van der Waals surface area (Å²) in [6.45, 7) is 4.04. The predicted molar refractivity (Wildman–Crippen MR) is 113 cm³/mol. The SMILES string of the molecule is CC(/C=C(\C=C/N)Nc1nc(CCC(C)(C)O)nc(-c2cccc(C(F)(F)F)n2)n1)C(F)(F)F. The minimum absolute atomic E-state index is 0.0880. The highest BCUT2D eigenvalue weighted by Crippen LogP contribution is 2.30. The monoisotopic (exact) mass is 490 g/mol. The third kappa shape index (κ3) is 8.28. The zero-order valence-electron chi connectivity index (χ0n) is 18.5. The van der Waals surface area contributed by atoms with E-state index in [2.05, 4.69) is 25.3 Å². The first kappa shape index (κ1) is 27.0. The lowest BCUT2D eigenvalue weighted by Gasteiger charge is -2.17. The standard InChI is InChI=1S/C21H24F6N6O/c1-12(20(22,23)24)11-13(8-10-28)29-18-32-16(7-9-19(2,3)34)31-17(33-18)14-5-4-6-15(30-14)21(25,26)27/h4-6,8,10-12,34H,7,9,28H2,1-3H3,(H,29,31,32,33)/b10-8-,13-11+. The number of pyridine rings is 1. The number of nitrogens with zero attached hydrogens (tertiary/aromatic N) is 4. The number of allylic oxidation sites excluding steroid dienone is 2. The van der Waals surface area contributed by atoms with Gasteiger partial charge in [0.25, 0.3) is 0 Å². The molecule has 0 amide bonds. The first-order valence-electron chi connectivity index (χ1n) is 10.0. The Bertz CT molecular complexity index is 1040. The molecule has 2 aromatic heterocycles. The first-order valence-corrected chi connectivity index (χ1v) is 10.0. The molecule has 4 N–H and O–H groups in total. The Morgan fingerprint density at radius 1 is 1.09 bits per heavy atom. The van der Waals surface area contributed by atoms with Crippen LogP contribution in [0.1, 0.15) is 38.7 Å². The number of rotatable bonds is 8. The molecule has 0 spiro atoms. The third-order valence-corrected chi connectivity index (χ3v) is 4.39. The lowest BCUT2D eigenvalue weighted by molar-refractivity contribution is -0.156. The van der Waals surface area contributed by atoms with Crippen molar-refractivity contribution in [1.82, 2.24) is 19.9 Å². The van der Waals surface area contributed by atoms with Crippen LogP contribution in [0.4, 0.5) is 32.3 Å². The second kappa shape index (κ2) is 10.4. The van der Waals surface area contributed by atoms with Gasteiger partial charge in [-0.05, 0) is 50.8 Å². The number of aryl methyl sites for hydroxylation is 1. The summed E-state index contributed by atoms with van der Waals surface area (Å²) < 4.78 is 78.3. The Balaban J connectivity index is 2.53. The highest BCUT2D eigenvalue weighted by molar-refractivity contribution is 5.52. The predicted octanol–water partition coefficient (Wildman–Crippen LogP) is 4.62. The number of halogens is 6. The van der Waals surface area contributed by atoms with Crippen molar-refractivity contribution in [3.05, 3.63) is 53.8 Å². The van der Waals surface area contributed by atoms with Crippen LogP contribution in [-0.2, 0) is 12.6 Å². The molecule has 1 atom stereocenters. The molecule has 0 aromatic carbocycles. The van der Waals surface area contributed by atoms with Gasteiger partial charge in [0.05, 0.1) is 11.5 Å². The van der Waals surface area contributed by atoms with E-state index >= 15 is 0 Å². The molecule has 34 heavy (non-hydrogen) atoms. The number of aromatic nitrogens is 4. The number of nitrogens with two attached hydrogens (primary N) is 1. The van der Waals surface area contributed by atoms with Crippen LogP contribution in [0.5, 0.6) is 0 Å². The van der Waals surface area contributed by atoms with E-state index in [1.54, 1.807) is 13.8 Å². The van der Waals surface area contributed by atoms with E-state index in [1.165, 1.54) is 6.07 Å². The van der Waals surface area contributed by atoms with Crippen LogP contribution in [0.2, 0.25) is 0 Å². The summed E-state index contributed by atoms with van der Waals surface area (Å²) in [5, 5.41) is 12.6. The summed E-state index contributed by atoms with van der Waals surface area (Å²) in [4.78, 5) is 15.9. The van der Waals surface area contributed by atoms with Gasteiger partial charge in [-0.3, -0.25) is 0 Å². The van der Waals surface area contributed by atoms with Crippen molar-refractivity contribution in [3.63, 3.8) is 0 Å². The van der Waals surface area contributed by atoms with Crippen LogP contribution in [0.15, 0.2) is 42.2 Å². The minimum Gasteiger partial charge on any atom is -0.405 e. The van der Waals surface area contributed by atoms with E-state index in [4.69, 9.17) is 5.73 Å². The molecule has 13 heteroatoms. The molecule has 2 aromatic rings. The summed E-state index contributed by atoms with van der Waals surface area (Å²) >= 11 is 0. The fourth-order valence-electron chi connectivity index (χ4n) is 2.57. The third-order valence-electron chi connectivity index (χ3n) is 4.39. The summed E-state index contributed by atoms with van der Waals surface area (Å²) in [6.07, 6.45) is -5.90. The van der Waals surface area contributed by atoms with E-state index < -0.39 is 29.6 Å². The van der Waals surface area contributed by atoms with E-state index in [0.717, 1.165) is 37.4 Å². The largest absolute Gasteiger partial charge is 0.433 e. The summed E-state index contributed by atoms with van der Waals surface area (Å²) in [5.74, 6) is -2.20. The average Bonchev–Trinajstić information content (AvgIpc) is 2.70.